The molecule has 0 aromatic carbocycles. The van der Waals surface area contributed by atoms with E-state index < -0.39 is 4.92 Å². The molecule has 1 saturated carbocycles. The van der Waals surface area contributed by atoms with Crippen molar-refractivity contribution in [2.45, 2.75) is 38.7 Å². The predicted octanol–water partition coefficient (Wildman–Crippen LogP) is 2.23. The lowest BCUT2D eigenvalue weighted by Gasteiger charge is -2.27. The number of hydrogen-bond donors (Lipinski definition) is 1. The molecule has 0 amide bonds. The highest BCUT2D eigenvalue weighted by Gasteiger charge is 2.25. The first-order valence-corrected chi connectivity index (χ1v) is 6.49. The molecule has 2 rings (SSSR count). The van der Waals surface area contributed by atoms with E-state index in [1.54, 1.807) is 13.0 Å². The fourth-order valence-corrected chi connectivity index (χ4v) is 2.34. The molecule has 104 valence electrons. The van der Waals surface area contributed by atoms with Gasteiger partial charge in [0.25, 0.3) is 5.88 Å². The van der Waals surface area contributed by atoms with Crippen molar-refractivity contribution in [2.24, 2.45) is 5.92 Å². The maximum atomic E-state index is 10.9. The van der Waals surface area contributed by atoms with Crippen LogP contribution in [0.15, 0.2) is 12.1 Å². The summed E-state index contributed by atoms with van der Waals surface area (Å²) in [6.45, 7) is 1.98. The Kier molecular flexibility index (Phi) is 4.31. The van der Waals surface area contributed by atoms with Gasteiger partial charge in [-0.2, -0.15) is 0 Å². The molecule has 1 heterocycles. The zero-order valence-electron chi connectivity index (χ0n) is 10.9. The molecule has 1 aliphatic rings. The Bertz CT molecular complexity index is 456. The second-order valence-corrected chi connectivity index (χ2v) is 4.98. The number of nitro groups is 1. The normalized spacial score (nSPS) is 23.1. The summed E-state index contributed by atoms with van der Waals surface area (Å²) in [6, 6.07) is 3.03. The Labute approximate surface area is 111 Å². The summed E-state index contributed by atoms with van der Waals surface area (Å²) in [4.78, 5) is 14.6. The Morgan fingerprint density at radius 3 is 2.68 bits per heavy atom. The van der Waals surface area contributed by atoms with Crippen molar-refractivity contribution >= 4 is 5.69 Å². The first-order chi connectivity index (χ1) is 9.10. The van der Waals surface area contributed by atoms with Crippen LogP contribution in [0.5, 0.6) is 5.88 Å². The fourth-order valence-electron chi connectivity index (χ4n) is 2.34. The molecule has 1 aromatic heterocycles. The first-order valence-electron chi connectivity index (χ1n) is 6.49. The Hall–Kier alpha value is -1.69. The topological polar surface area (TPSA) is 85.5 Å². The van der Waals surface area contributed by atoms with Gasteiger partial charge in [0.05, 0.1) is 4.92 Å². The SMILES string of the molecule is Cc1ccc([N+](=O)[O-])c(OC2CCC(CO)CC2)n1. The van der Waals surface area contributed by atoms with E-state index in [1.165, 1.54) is 6.07 Å². The Morgan fingerprint density at radius 1 is 1.42 bits per heavy atom. The van der Waals surface area contributed by atoms with Crippen molar-refractivity contribution in [1.82, 2.24) is 4.98 Å². The van der Waals surface area contributed by atoms with Gasteiger partial charge in [0.15, 0.2) is 0 Å². The standard InChI is InChI=1S/C13H18N2O4/c1-9-2-7-12(15(17)18)13(14-9)19-11-5-3-10(8-16)4-6-11/h2,7,10-11,16H,3-6,8H2,1H3. The lowest BCUT2D eigenvalue weighted by Crippen LogP contribution is -2.26. The van der Waals surface area contributed by atoms with Gasteiger partial charge in [-0.1, -0.05) is 0 Å². The summed E-state index contributed by atoms with van der Waals surface area (Å²) in [5.74, 6) is 0.442. The molecule has 0 atom stereocenters. The minimum atomic E-state index is -0.471. The van der Waals surface area contributed by atoms with Crippen molar-refractivity contribution in [3.8, 4) is 5.88 Å². The molecule has 0 bridgehead atoms. The number of aromatic nitrogens is 1. The largest absolute Gasteiger partial charge is 0.469 e. The van der Waals surface area contributed by atoms with Gasteiger partial charge in [0.2, 0.25) is 0 Å². The maximum Gasteiger partial charge on any atom is 0.330 e. The highest BCUT2D eigenvalue weighted by atomic mass is 16.6. The fraction of sp³-hybridized carbons (Fsp3) is 0.615. The molecule has 0 spiro atoms. The molecule has 0 saturated heterocycles. The van der Waals surface area contributed by atoms with E-state index in [4.69, 9.17) is 9.84 Å². The third kappa shape index (κ3) is 3.41. The molecule has 1 N–H and O–H groups in total. The van der Waals surface area contributed by atoms with Gasteiger partial charge in [-0.25, -0.2) is 4.98 Å². The van der Waals surface area contributed by atoms with Crippen LogP contribution in [0.2, 0.25) is 0 Å². The average Bonchev–Trinajstić information content (AvgIpc) is 2.39. The third-order valence-corrected chi connectivity index (χ3v) is 3.51. The van der Waals surface area contributed by atoms with Crippen molar-refractivity contribution in [3.05, 3.63) is 27.9 Å². The van der Waals surface area contributed by atoms with Crippen molar-refractivity contribution < 1.29 is 14.8 Å². The molecular weight excluding hydrogens is 248 g/mol. The van der Waals surface area contributed by atoms with Gasteiger partial charge in [-0.05, 0) is 44.6 Å². The van der Waals surface area contributed by atoms with Gasteiger partial charge in [-0.15, -0.1) is 0 Å². The monoisotopic (exact) mass is 266 g/mol. The minimum Gasteiger partial charge on any atom is -0.469 e. The van der Waals surface area contributed by atoms with Crippen LogP contribution in [-0.2, 0) is 0 Å². The van der Waals surface area contributed by atoms with Gasteiger partial charge in [0.1, 0.15) is 6.10 Å². The van der Waals surface area contributed by atoms with Gasteiger partial charge < -0.3 is 9.84 Å². The minimum absolute atomic E-state index is 0.0456. The zero-order valence-corrected chi connectivity index (χ0v) is 10.9. The summed E-state index contributed by atoms with van der Waals surface area (Å²) < 4.78 is 5.69. The Morgan fingerprint density at radius 2 is 2.11 bits per heavy atom. The van der Waals surface area contributed by atoms with E-state index in [0.29, 0.717) is 11.6 Å². The number of hydrogen-bond acceptors (Lipinski definition) is 5. The van der Waals surface area contributed by atoms with Crippen molar-refractivity contribution in [1.29, 1.82) is 0 Å². The van der Waals surface area contributed by atoms with Crippen LogP contribution in [0, 0.1) is 23.0 Å². The summed E-state index contributed by atoms with van der Waals surface area (Å²) in [6.07, 6.45) is 3.34. The van der Waals surface area contributed by atoms with E-state index in [9.17, 15) is 10.1 Å². The molecular formula is C13H18N2O4. The zero-order chi connectivity index (χ0) is 13.8. The van der Waals surface area contributed by atoms with E-state index in [2.05, 4.69) is 4.98 Å². The summed E-state index contributed by atoms with van der Waals surface area (Å²) in [5, 5.41) is 20.0. The second kappa shape index (κ2) is 5.97. The lowest BCUT2D eigenvalue weighted by atomic mass is 9.88. The molecule has 6 nitrogen and oxygen atoms in total. The molecule has 0 unspecified atom stereocenters. The summed E-state index contributed by atoms with van der Waals surface area (Å²) >= 11 is 0. The molecule has 0 aliphatic heterocycles. The van der Waals surface area contributed by atoms with Crippen LogP contribution in [0.3, 0.4) is 0 Å². The summed E-state index contributed by atoms with van der Waals surface area (Å²) in [7, 11) is 0. The third-order valence-electron chi connectivity index (χ3n) is 3.51. The first kappa shape index (κ1) is 13.7. The molecule has 1 aliphatic carbocycles. The van der Waals surface area contributed by atoms with E-state index in [1.807, 2.05) is 0 Å². The smallest absolute Gasteiger partial charge is 0.330 e. The molecule has 0 radical (unpaired) electrons. The van der Waals surface area contributed by atoms with Crippen LogP contribution in [0.1, 0.15) is 31.4 Å². The van der Waals surface area contributed by atoms with Crippen LogP contribution in [-0.4, -0.2) is 27.7 Å². The number of aliphatic hydroxyl groups is 1. The van der Waals surface area contributed by atoms with Crippen LogP contribution >= 0.6 is 0 Å². The van der Waals surface area contributed by atoms with Crippen molar-refractivity contribution in [2.75, 3.05) is 6.61 Å². The molecule has 6 heteroatoms. The molecule has 1 fully saturated rings. The van der Waals surface area contributed by atoms with E-state index in [-0.39, 0.29) is 24.3 Å². The van der Waals surface area contributed by atoms with Crippen LogP contribution in [0.4, 0.5) is 5.69 Å². The highest BCUT2D eigenvalue weighted by molar-refractivity contribution is 5.41. The van der Waals surface area contributed by atoms with Gasteiger partial charge in [0, 0.05) is 18.4 Å². The van der Waals surface area contributed by atoms with Crippen LogP contribution in [0.25, 0.3) is 0 Å². The van der Waals surface area contributed by atoms with Crippen LogP contribution < -0.4 is 4.74 Å². The Balaban J connectivity index is 2.06. The number of rotatable bonds is 4. The molecule has 19 heavy (non-hydrogen) atoms. The lowest BCUT2D eigenvalue weighted by molar-refractivity contribution is -0.386. The number of pyridine rings is 1. The van der Waals surface area contributed by atoms with Gasteiger partial charge in [-0.3, -0.25) is 10.1 Å². The molecule has 1 aromatic rings. The van der Waals surface area contributed by atoms with E-state index in [0.717, 1.165) is 25.7 Å². The number of nitrogens with zero attached hydrogens (tertiary/aromatic N) is 2. The average molecular weight is 266 g/mol. The predicted molar refractivity (Wildman–Crippen MR) is 69.1 cm³/mol. The number of ether oxygens (including phenoxy) is 1. The maximum absolute atomic E-state index is 10.9. The van der Waals surface area contributed by atoms with E-state index >= 15 is 0 Å². The van der Waals surface area contributed by atoms with Gasteiger partial charge >= 0.3 is 5.69 Å². The second-order valence-electron chi connectivity index (χ2n) is 4.98. The summed E-state index contributed by atoms with van der Waals surface area (Å²) in [5.41, 5.74) is 0.611. The quantitative estimate of drug-likeness (QED) is 0.667. The number of aryl methyl sites for hydroxylation is 1. The highest BCUT2D eigenvalue weighted by Crippen LogP contribution is 2.30. The number of aliphatic hydroxyl groups excluding tert-OH is 1. The van der Waals surface area contributed by atoms with Crippen molar-refractivity contribution in [3.63, 3.8) is 0 Å².